The maximum atomic E-state index is 10.6. The van der Waals surface area contributed by atoms with Crippen LogP contribution in [0.3, 0.4) is 0 Å². The average molecular weight is 150 g/mol. The Morgan fingerprint density at radius 1 is 1.75 bits per heavy atom. The van der Waals surface area contributed by atoms with Crippen molar-refractivity contribution in [2.45, 2.75) is 19.8 Å². The molecule has 1 nitrogen and oxygen atoms in total. The Hall–Kier alpha value is 0.370. The SMILES string of the molecule is CCCC(=O)SCS. The summed E-state index contributed by atoms with van der Waals surface area (Å²) in [4.78, 5) is 10.6. The molecule has 0 saturated heterocycles. The number of hydrogen-bond donors (Lipinski definition) is 1. The van der Waals surface area contributed by atoms with Gasteiger partial charge in [-0.15, -0.1) is 0 Å². The number of thioether (sulfide) groups is 1. The van der Waals surface area contributed by atoms with Crippen molar-refractivity contribution in [3.05, 3.63) is 0 Å². The Morgan fingerprint density at radius 3 is 2.75 bits per heavy atom. The minimum absolute atomic E-state index is 0.252. The summed E-state index contributed by atoms with van der Waals surface area (Å²) in [6.07, 6.45) is 1.63. The lowest BCUT2D eigenvalue weighted by molar-refractivity contribution is -0.110. The quantitative estimate of drug-likeness (QED) is 0.489. The van der Waals surface area contributed by atoms with Crippen LogP contribution in [0.4, 0.5) is 0 Å². The molecule has 0 aliphatic heterocycles. The molecular weight excluding hydrogens is 140 g/mol. The standard InChI is InChI=1S/C5H10OS2/c1-2-3-5(6)8-4-7/h7H,2-4H2,1H3. The third kappa shape index (κ3) is 4.53. The van der Waals surface area contributed by atoms with Crippen molar-refractivity contribution in [2.75, 3.05) is 5.08 Å². The Bertz CT molecular complexity index is 64.8. The molecule has 0 aliphatic rings. The summed E-state index contributed by atoms with van der Waals surface area (Å²) in [7, 11) is 0. The number of rotatable bonds is 3. The van der Waals surface area contributed by atoms with Gasteiger partial charge in [-0.05, 0) is 6.42 Å². The van der Waals surface area contributed by atoms with Crippen molar-refractivity contribution in [1.82, 2.24) is 0 Å². The Balaban J connectivity index is 3.06. The lowest BCUT2D eigenvalue weighted by Gasteiger charge is -1.90. The van der Waals surface area contributed by atoms with Gasteiger partial charge in [-0.2, -0.15) is 12.6 Å². The highest BCUT2D eigenvalue weighted by atomic mass is 32.2. The van der Waals surface area contributed by atoms with Gasteiger partial charge in [0.1, 0.15) is 0 Å². The first-order valence-electron chi connectivity index (χ1n) is 2.57. The molecule has 0 atom stereocenters. The molecule has 0 saturated carbocycles. The van der Waals surface area contributed by atoms with Crippen LogP contribution in [0.5, 0.6) is 0 Å². The Kier molecular flexibility index (Phi) is 5.76. The van der Waals surface area contributed by atoms with E-state index >= 15 is 0 Å². The zero-order chi connectivity index (χ0) is 6.41. The molecule has 0 amide bonds. The first kappa shape index (κ1) is 8.37. The van der Waals surface area contributed by atoms with Crippen molar-refractivity contribution < 1.29 is 4.79 Å². The predicted octanol–water partition coefficient (Wildman–Crippen LogP) is 1.93. The van der Waals surface area contributed by atoms with E-state index in [0.717, 1.165) is 6.42 Å². The van der Waals surface area contributed by atoms with E-state index in [1.165, 1.54) is 11.8 Å². The van der Waals surface area contributed by atoms with Crippen LogP contribution < -0.4 is 0 Å². The minimum Gasteiger partial charge on any atom is -0.287 e. The zero-order valence-corrected chi connectivity index (χ0v) is 6.60. The monoisotopic (exact) mass is 150 g/mol. The molecule has 0 fully saturated rings. The summed E-state index contributed by atoms with van der Waals surface area (Å²) in [5.74, 6) is 0. The molecule has 0 heterocycles. The second kappa shape index (κ2) is 5.51. The first-order valence-corrected chi connectivity index (χ1v) is 4.19. The van der Waals surface area contributed by atoms with Crippen molar-refractivity contribution in [1.29, 1.82) is 0 Å². The van der Waals surface area contributed by atoms with Crippen LogP contribution in [0, 0.1) is 0 Å². The van der Waals surface area contributed by atoms with E-state index in [-0.39, 0.29) is 5.12 Å². The van der Waals surface area contributed by atoms with Gasteiger partial charge in [0.2, 0.25) is 0 Å². The van der Waals surface area contributed by atoms with Gasteiger partial charge in [-0.1, -0.05) is 18.7 Å². The van der Waals surface area contributed by atoms with E-state index in [1.807, 2.05) is 6.92 Å². The second-order valence-electron chi connectivity index (χ2n) is 1.40. The maximum absolute atomic E-state index is 10.6. The van der Waals surface area contributed by atoms with Crippen molar-refractivity contribution in [2.24, 2.45) is 0 Å². The fourth-order valence-corrected chi connectivity index (χ4v) is 1.27. The smallest absolute Gasteiger partial charge is 0.189 e. The molecule has 0 aromatic heterocycles. The largest absolute Gasteiger partial charge is 0.287 e. The van der Waals surface area contributed by atoms with Crippen LogP contribution in [0.25, 0.3) is 0 Å². The van der Waals surface area contributed by atoms with E-state index in [0.29, 0.717) is 11.5 Å². The van der Waals surface area contributed by atoms with E-state index in [9.17, 15) is 4.79 Å². The van der Waals surface area contributed by atoms with Gasteiger partial charge in [-0.25, -0.2) is 0 Å². The van der Waals surface area contributed by atoms with Gasteiger partial charge >= 0.3 is 0 Å². The number of carbonyl (C=O) groups is 1. The highest BCUT2D eigenvalue weighted by Gasteiger charge is 1.95. The molecule has 0 spiro atoms. The second-order valence-corrected chi connectivity index (χ2v) is 3.17. The molecule has 0 bridgehead atoms. The maximum Gasteiger partial charge on any atom is 0.189 e. The zero-order valence-electron chi connectivity index (χ0n) is 4.89. The van der Waals surface area contributed by atoms with Crippen LogP contribution in [0.15, 0.2) is 0 Å². The summed E-state index contributed by atoms with van der Waals surface area (Å²) in [5.41, 5.74) is 0. The Morgan fingerprint density at radius 2 is 2.38 bits per heavy atom. The first-order chi connectivity index (χ1) is 3.81. The highest BCUT2D eigenvalue weighted by Crippen LogP contribution is 2.07. The van der Waals surface area contributed by atoms with Gasteiger partial charge < -0.3 is 0 Å². The van der Waals surface area contributed by atoms with Gasteiger partial charge in [0.25, 0.3) is 0 Å². The Labute approximate surface area is 59.6 Å². The van der Waals surface area contributed by atoms with Crippen molar-refractivity contribution >= 4 is 29.5 Å². The number of thiol groups is 1. The van der Waals surface area contributed by atoms with Crippen LogP contribution in [-0.4, -0.2) is 10.2 Å². The fraction of sp³-hybridized carbons (Fsp3) is 0.800. The van der Waals surface area contributed by atoms with Crippen LogP contribution in [0.2, 0.25) is 0 Å². The van der Waals surface area contributed by atoms with Gasteiger partial charge in [0.15, 0.2) is 5.12 Å². The normalized spacial score (nSPS) is 9.25. The molecule has 8 heavy (non-hydrogen) atoms. The summed E-state index contributed by atoms with van der Waals surface area (Å²) >= 11 is 5.18. The molecule has 0 aliphatic carbocycles. The molecule has 48 valence electrons. The lowest BCUT2D eigenvalue weighted by Crippen LogP contribution is -1.87. The number of carbonyl (C=O) groups excluding carboxylic acids is 1. The summed E-state index contributed by atoms with van der Waals surface area (Å²) in [6, 6.07) is 0. The van der Waals surface area contributed by atoms with Gasteiger partial charge in [0.05, 0.1) is 0 Å². The highest BCUT2D eigenvalue weighted by molar-refractivity contribution is 8.20. The van der Waals surface area contributed by atoms with E-state index in [2.05, 4.69) is 12.6 Å². The predicted molar refractivity (Wildman–Crippen MR) is 41.4 cm³/mol. The third-order valence-electron chi connectivity index (χ3n) is 0.680. The summed E-state index contributed by atoms with van der Waals surface area (Å²) in [6.45, 7) is 2.00. The molecular formula is C5H10OS2. The van der Waals surface area contributed by atoms with E-state index in [4.69, 9.17) is 0 Å². The lowest BCUT2D eigenvalue weighted by atomic mass is 10.4. The molecule has 0 aromatic carbocycles. The number of hydrogen-bond acceptors (Lipinski definition) is 3. The van der Waals surface area contributed by atoms with Gasteiger partial charge in [-0.3, -0.25) is 4.79 Å². The van der Waals surface area contributed by atoms with E-state index < -0.39 is 0 Å². The topological polar surface area (TPSA) is 17.1 Å². The molecule has 3 heteroatoms. The molecule has 0 rings (SSSR count). The molecule has 0 N–H and O–H groups in total. The third-order valence-corrected chi connectivity index (χ3v) is 1.72. The molecule has 0 aromatic rings. The summed E-state index contributed by atoms with van der Waals surface area (Å²) < 4.78 is 0. The van der Waals surface area contributed by atoms with E-state index in [1.54, 1.807) is 0 Å². The van der Waals surface area contributed by atoms with Crippen LogP contribution >= 0.6 is 24.4 Å². The van der Waals surface area contributed by atoms with Crippen LogP contribution in [-0.2, 0) is 4.79 Å². The average Bonchev–Trinajstić information content (AvgIpc) is 1.68. The van der Waals surface area contributed by atoms with Crippen molar-refractivity contribution in [3.8, 4) is 0 Å². The van der Waals surface area contributed by atoms with Gasteiger partial charge in [0, 0.05) is 11.5 Å². The minimum atomic E-state index is 0.252. The fourth-order valence-electron chi connectivity index (χ4n) is 0.348. The van der Waals surface area contributed by atoms with Crippen LogP contribution in [0.1, 0.15) is 19.8 Å². The summed E-state index contributed by atoms with van der Waals surface area (Å²) in [5, 5.41) is 0.862. The van der Waals surface area contributed by atoms with Crippen molar-refractivity contribution in [3.63, 3.8) is 0 Å². The molecule has 0 unspecified atom stereocenters. The molecule has 0 radical (unpaired) electrons.